The number of pyridine rings is 1. The molecule has 0 saturated carbocycles. The smallest absolute Gasteiger partial charge is 0.287 e. The number of benzene rings is 1. The number of nitrogens with one attached hydrogen (secondary N) is 2. The Bertz CT molecular complexity index is 1250. The molecule has 3 heterocycles. The molecule has 4 aromatic rings. The quantitative estimate of drug-likeness (QED) is 0.535. The Hall–Kier alpha value is -3.95. The first-order valence-corrected chi connectivity index (χ1v) is 8.57. The Kier molecular flexibility index (Phi) is 4.82. The summed E-state index contributed by atoms with van der Waals surface area (Å²) in [6.45, 7) is 0.258. The summed E-state index contributed by atoms with van der Waals surface area (Å²) >= 11 is 0. The van der Waals surface area contributed by atoms with Gasteiger partial charge >= 0.3 is 0 Å². The zero-order valence-electron chi connectivity index (χ0n) is 14.9. The van der Waals surface area contributed by atoms with Crippen LogP contribution in [0.5, 0.6) is 0 Å². The van der Waals surface area contributed by atoms with Crippen molar-refractivity contribution < 1.29 is 13.6 Å². The van der Waals surface area contributed by atoms with Crippen LogP contribution in [0.1, 0.15) is 21.7 Å². The van der Waals surface area contributed by atoms with E-state index in [0.29, 0.717) is 5.56 Å². The van der Waals surface area contributed by atoms with Crippen molar-refractivity contribution in [3.05, 3.63) is 88.0 Å². The molecule has 1 amide bonds. The largest absolute Gasteiger partial charge is 0.345 e. The molecule has 1 aromatic carbocycles. The summed E-state index contributed by atoms with van der Waals surface area (Å²) in [7, 11) is 0. The van der Waals surface area contributed by atoms with Gasteiger partial charge in [0.05, 0.1) is 6.54 Å². The molecule has 0 radical (unpaired) electrons. The van der Waals surface area contributed by atoms with Crippen molar-refractivity contribution in [2.75, 3.05) is 0 Å². The van der Waals surface area contributed by atoms with Gasteiger partial charge in [-0.1, -0.05) is 6.07 Å². The lowest BCUT2D eigenvalue weighted by molar-refractivity contribution is 0.0941. The molecule has 0 unspecified atom stereocenters. The zero-order valence-corrected chi connectivity index (χ0v) is 14.9. The lowest BCUT2D eigenvalue weighted by Crippen LogP contribution is -2.24. The number of fused-ring (bicyclic) bond motifs is 1. The lowest BCUT2D eigenvalue weighted by Gasteiger charge is -2.05. The van der Waals surface area contributed by atoms with Crippen molar-refractivity contribution in [1.82, 2.24) is 29.8 Å². The van der Waals surface area contributed by atoms with E-state index in [1.807, 2.05) is 0 Å². The number of halogens is 2. The van der Waals surface area contributed by atoms with Crippen molar-refractivity contribution in [2.24, 2.45) is 0 Å². The van der Waals surface area contributed by atoms with Crippen LogP contribution in [0.2, 0.25) is 0 Å². The Labute approximate surface area is 162 Å². The second-order valence-corrected chi connectivity index (χ2v) is 6.25. The van der Waals surface area contributed by atoms with E-state index in [0.717, 1.165) is 17.7 Å². The number of hydrogen-bond acceptors (Lipinski definition) is 5. The number of aromatic amines is 1. The molecule has 0 bridgehead atoms. The maximum Gasteiger partial charge on any atom is 0.287 e. The van der Waals surface area contributed by atoms with Crippen LogP contribution in [-0.2, 0) is 13.1 Å². The fourth-order valence-corrected chi connectivity index (χ4v) is 2.75. The molecule has 29 heavy (non-hydrogen) atoms. The maximum absolute atomic E-state index is 13.4. The summed E-state index contributed by atoms with van der Waals surface area (Å²) in [5.41, 5.74) is 0.897. The van der Waals surface area contributed by atoms with E-state index in [-0.39, 0.29) is 30.1 Å². The van der Waals surface area contributed by atoms with Gasteiger partial charge < -0.3 is 10.3 Å². The molecule has 0 spiro atoms. The first-order chi connectivity index (χ1) is 14.0. The molecule has 0 aliphatic carbocycles. The minimum Gasteiger partial charge on any atom is -0.345 e. The number of hydrogen-bond donors (Lipinski definition) is 2. The van der Waals surface area contributed by atoms with Crippen molar-refractivity contribution in [2.45, 2.75) is 13.1 Å². The highest BCUT2D eigenvalue weighted by Crippen LogP contribution is 2.10. The third kappa shape index (κ3) is 3.86. The van der Waals surface area contributed by atoms with Crippen LogP contribution in [0.4, 0.5) is 8.78 Å². The number of rotatable bonds is 5. The van der Waals surface area contributed by atoms with Gasteiger partial charge in [0.1, 0.15) is 6.33 Å². The number of carbonyl (C=O) groups is 1. The average Bonchev–Trinajstić information content (AvgIpc) is 3.17. The number of imidazole rings is 1. The second-order valence-electron chi connectivity index (χ2n) is 6.25. The highest BCUT2D eigenvalue weighted by atomic mass is 19.2. The summed E-state index contributed by atoms with van der Waals surface area (Å²) < 4.78 is 27.7. The summed E-state index contributed by atoms with van der Waals surface area (Å²) in [6, 6.07) is 6.90. The Balaban J connectivity index is 1.56. The summed E-state index contributed by atoms with van der Waals surface area (Å²) in [6.07, 6.45) is 4.47. The van der Waals surface area contributed by atoms with Gasteiger partial charge in [-0.15, -0.1) is 0 Å². The summed E-state index contributed by atoms with van der Waals surface area (Å²) in [5, 5.41) is 2.69. The van der Waals surface area contributed by atoms with E-state index >= 15 is 0 Å². The third-order valence-electron chi connectivity index (χ3n) is 4.23. The van der Waals surface area contributed by atoms with E-state index in [4.69, 9.17) is 0 Å². The number of amides is 1. The van der Waals surface area contributed by atoms with Crippen LogP contribution in [0.15, 0.2) is 53.8 Å². The molecule has 0 aliphatic heterocycles. The second kappa shape index (κ2) is 7.58. The van der Waals surface area contributed by atoms with Gasteiger partial charge in [0.25, 0.3) is 11.5 Å². The topological polar surface area (TPSA) is 106 Å². The predicted molar refractivity (Wildman–Crippen MR) is 99.0 cm³/mol. The zero-order chi connectivity index (χ0) is 20.4. The van der Waals surface area contributed by atoms with Gasteiger partial charge in [0.15, 0.2) is 28.6 Å². The molecule has 0 aliphatic rings. The minimum atomic E-state index is -1.00. The average molecular weight is 396 g/mol. The Morgan fingerprint density at radius 3 is 2.66 bits per heavy atom. The number of aromatic nitrogens is 5. The van der Waals surface area contributed by atoms with Crippen LogP contribution < -0.4 is 10.9 Å². The molecule has 8 nitrogen and oxygen atoms in total. The number of H-pyrrole nitrogens is 1. The van der Waals surface area contributed by atoms with Crippen molar-refractivity contribution in [3.8, 4) is 0 Å². The van der Waals surface area contributed by atoms with Crippen LogP contribution >= 0.6 is 0 Å². The van der Waals surface area contributed by atoms with Crippen molar-refractivity contribution in [3.63, 3.8) is 0 Å². The van der Waals surface area contributed by atoms with Gasteiger partial charge in [0.2, 0.25) is 0 Å². The highest BCUT2D eigenvalue weighted by molar-refractivity contribution is 5.93. The summed E-state index contributed by atoms with van der Waals surface area (Å²) in [4.78, 5) is 39.6. The molecule has 0 fully saturated rings. The first-order valence-electron chi connectivity index (χ1n) is 8.57. The normalized spacial score (nSPS) is 11.0. The van der Waals surface area contributed by atoms with E-state index in [1.165, 1.54) is 17.0 Å². The Morgan fingerprint density at radius 1 is 1.10 bits per heavy atom. The van der Waals surface area contributed by atoms with Gasteiger partial charge in [-0.05, 0) is 35.4 Å². The van der Waals surface area contributed by atoms with Crippen molar-refractivity contribution in [1.29, 1.82) is 0 Å². The maximum atomic E-state index is 13.4. The highest BCUT2D eigenvalue weighted by Gasteiger charge is 2.15. The van der Waals surface area contributed by atoms with Crippen LogP contribution in [0.3, 0.4) is 0 Å². The van der Waals surface area contributed by atoms with Crippen molar-refractivity contribution >= 4 is 17.1 Å². The monoisotopic (exact) mass is 396 g/mol. The Morgan fingerprint density at radius 2 is 1.90 bits per heavy atom. The molecule has 2 N–H and O–H groups in total. The van der Waals surface area contributed by atoms with Gasteiger partial charge in [0, 0.05) is 18.9 Å². The van der Waals surface area contributed by atoms with E-state index in [9.17, 15) is 18.4 Å². The lowest BCUT2D eigenvalue weighted by atomic mass is 10.2. The molecule has 3 aromatic heterocycles. The molecular formula is C19H14F2N6O2. The standard InChI is InChI=1S/C19H14F2N6O2/c20-13-2-1-12(7-14(13)21)9-27-10-24-16-15(19(27)29)25-17(26-16)18(28)23-8-11-3-5-22-6-4-11/h1-7,10H,8-9H2,(H,23,28)(H,25,26). The molecule has 0 atom stereocenters. The van der Waals surface area contributed by atoms with Gasteiger partial charge in [-0.25, -0.2) is 18.7 Å². The molecule has 4 rings (SSSR count). The fourth-order valence-electron chi connectivity index (χ4n) is 2.75. The third-order valence-corrected chi connectivity index (χ3v) is 4.23. The molecular weight excluding hydrogens is 382 g/mol. The molecule has 146 valence electrons. The van der Waals surface area contributed by atoms with Crippen LogP contribution in [-0.4, -0.2) is 30.4 Å². The van der Waals surface area contributed by atoms with Gasteiger partial charge in [-0.2, -0.15) is 0 Å². The SMILES string of the molecule is O=C(NCc1ccncc1)c1nc2ncn(Cc3ccc(F)c(F)c3)c(=O)c2[nH]1. The fraction of sp³-hybridized carbons (Fsp3) is 0.105. The predicted octanol–water partition coefficient (Wildman–Crippen LogP) is 1.77. The first kappa shape index (κ1) is 18.4. The summed E-state index contributed by atoms with van der Waals surface area (Å²) in [5.74, 6) is -2.51. The van der Waals surface area contributed by atoms with Crippen LogP contribution in [0.25, 0.3) is 11.2 Å². The van der Waals surface area contributed by atoms with Crippen LogP contribution in [0, 0.1) is 11.6 Å². The van der Waals surface area contributed by atoms with Gasteiger partial charge in [-0.3, -0.25) is 19.1 Å². The van der Waals surface area contributed by atoms with E-state index in [1.54, 1.807) is 24.5 Å². The minimum absolute atomic E-state index is 0.0123. The number of nitrogens with zero attached hydrogens (tertiary/aromatic N) is 4. The molecule has 0 saturated heterocycles. The molecule has 10 heteroatoms. The number of carbonyl (C=O) groups excluding carboxylic acids is 1. The van der Waals surface area contributed by atoms with E-state index < -0.39 is 23.1 Å². The van der Waals surface area contributed by atoms with E-state index in [2.05, 4.69) is 25.3 Å².